The van der Waals surface area contributed by atoms with Gasteiger partial charge in [0.1, 0.15) is 34.9 Å². The zero-order valence-electron chi connectivity index (χ0n) is 16.0. The topological polar surface area (TPSA) is 100 Å². The molecule has 1 aliphatic heterocycles. The van der Waals surface area contributed by atoms with Crippen molar-refractivity contribution in [3.05, 3.63) is 42.2 Å². The maximum Gasteiger partial charge on any atom is 0.243 e. The van der Waals surface area contributed by atoms with Gasteiger partial charge in [0.05, 0.1) is 7.11 Å². The number of piperidine rings is 1. The molecule has 0 aliphatic carbocycles. The van der Waals surface area contributed by atoms with E-state index in [0.717, 1.165) is 37.0 Å². The molecular weight excluding hydrogens is 344 g/mol. The lowest BCUT2D eigenvalue weighted by Gasteiger charge is -2.23. The molecule has 0 spiro atoms. The predicted octanol–water partition coefficient (Wildman–Crippen LogP) is 1.90. The van der Waals surface area contributed by atoms with Crippen LogP contribution in [0.4, 0.5) is 0 Å². The lowest BCUT2D eigenvalue weighted by molar-refractivity contribution is 0.157. The van der Waals surface area contributed by atoms with Gasteiger partial charge in [-0.2, -0.15) is 10.1 Å². The highest BCUT2D eigenvalue weighted by Crippen LogP contribution is 2.30. The number of hydrogen-bond donors (Lipinski definition) is 2. The van der Waals surface area contributed by atoms with E-state index in [1.54, 1.807) is 17.9 Å². The first kappa shape index (κ1) is 18.9. The number of ether oxygens (including phenoxy) is 2. The Balaban J connectivity index is 2.02. The number of hydrogen-bond acceptors (Lipinski definition) is 7. The van der Waals surface area contributed by atoms with Crippen molar-refractivity contribution in [1.29, 1.82) is 0 Å². The molecule has 27 heavy (non-hydrogen) atoms. The number of rotatable bonds is 6. The van der Waals surface area contributed by atoms with E-state index in [4.69, 9.17) is 15.2 Å². The molecule has 0 unspecified atom stereocenters. The monoisotopic (exact) mass is 370 g/mol. The molecule has 2 aromatic heterocycles. The molecule has 3 rings (SSSR count). The third kappa shape index (κ3) is 4.11. The Hall–Kier alpha value is -2.87. The first-order valence-corrected chi connectivity index (χ1v) is 8.94. The van der Waals surface area contributed by atoms with Crippen LogP contribution in [-0.4, -0.2) is 46.1 Å². The van der Waals surface area contributed by atoms with Gasteiger partial charge in [0.2, 0.25) is 5.88 Å². The predicted molar refractivity (Wildman–Crippen MR) is 105 cm³/mol. The van der Waals surface area contributed by atoms with Crippen LogP contribution in [0.2, 0.25) is 0 Å². The van der Waals surface area contributed by atoms with Gasteiger partial charge in [-0.1, -0.05) is 6.58 Å². The van der Waals surface area contributed by atoms with Crippen LogP contribution in [0.25, 0.3) is 16.6 Å². The van der Waals surface area contributed by atoms with Gasteiger partial charge in [-0.3, -0.25) is 4.68 Å². The average Bonchev–Trinajstić information content (AvgIpc) is 3.00. The smallest absolute Gasteiger partial charge is 0.243 e. The summed E-state index contributed by atoms with van der Waals surface area (Å²) < 4.78 is 13.0. The molecule has 0 amide bonds. The molecule has 0 saturated carbocycles. The Labute approximate surface area is 158 Å². The zero-order chi connectivity index (χ0) is 19.4. The molecule has 1 aliphatic rings. The van der Waals surface area contributed by atoms with E-state index in [-0.39, 0.29) is 6.10 Å². The van der Waals surface area contributed by atoms with Crippen molar-refractivity contribution in [1.82, 2.24) is 25.1 Å². The minimum atomic E-state index is 0.138. The van der Waals surface area contributed by atoms with E-state index in [1.807, 2.05) is 20.0 Å². The van der Waals surface area contributed by atoms with E-state index in [9.17, 15) is 0 Å². The molecule has 0 atom stereocenters. The van der Waals surface area contributed by atoms with Crippen molar-refractivity contribution >= 4 is 16.6 Å². The highest BCUT2D eigenvalue weighted by molar-refractivity contribution is 5.93. The van der Waals surface area contributed by atoms with Crippen molar-refractivity contribution in [2.45, 2.75) is 25.9 Å². The van der Waals surface area contributed by atoms with Gasteiger partial charge in [-0.25, -0.2) is 4.98 Å². The lowest BCUT2D eigenvalue weighted by atomic mass is 10.1. The molecule has 1 saturated heterocycles. The molecule has 0 radical (unpaired) electrons. The number of aromatic nitrogens is 4. The first-order valence-electron chi connectivity index (χ1n) is 8.94. The lowest BCUT2D eigenvalue weighted by Crippen LogP contribution is -2.34. The fourth-order valence-corrected chi connectivity index (χ4v) is 3.06. The molecular formula is C19H26N6O2. The Morgan fingerprint density at radius 1 is 1.33 bits per heavy atom. The van der Waals surface area contributed by atoms with Crippen LogP contribution < -0.4 is 15.8 Å². The second-order valence-electron chi connectivity index (χ2n) is 6.52. The Morgan fingerprint density at radius 3 is 2.74 bits per heavy atom. The molecule has 3 heterocycles. The first-order chi connectivity index (χ1) is 13.0. The van der Waals surface area contributed by atoms with Gasteiger partial charge in [-0.05, 0) is 45.0 Å². The molecule has 144 valence electrons. The summed E-state index contributed by atoms with van der Waals surface area (Å²) >= 11 is 0. The molecule has 0 aromatic carbocycles. The standard InChI is InChI=1S/C19H26N6O2/c1-12(26-4)5-6-15(13(2)20)16-17-18(25(3)24-16)19(23-11-22-17)27-14-7-9-21-10-8-14/h5-6,11,14,21H,1,7-10,20H2,2-4H3/b6-5-,15-13+. The van der Waals surface area contributed by atoms with Gasteiger partial charge in [0.15, 0.2) is 0 Å². The third-order valence-electron chi connectivity index (χ3n) is 4.53. The minimum absolute atomic E-state index is 0.138. The van der Waals surface area contributed by atoms with E-state index >= 15 is 0 Å². The summed E-state index contributed by atoms with van der Waals surface area (Å²) in [7, 11) is 3.42. The molecule has 2 aromatic rings. The van der Waals surface area contributed by atoms with Gasteiger partial charge >= 0.3 is 0 Å². The summed E-state index contributed by atoms with van der Waals surface area (Å²) in [6, 6.07) is 0. The number of nitrogens with two attached hydrogens (primary N) is 1. The summed E-state index contributed by atoms with van der Waals surface area (Å²) in [5.74, 6) is 1.07. The van der Waals surface area contributed by atoms with Crippen LogP contribution in [0.3, 0.4) is 0 Å². The van der Waals surface area contributed by atoms with Crippen LogP contribution in [0.1, 0.15) is 25.5 Å². The average molecular weight is 370 g/mol. The number of nitrogens with zero attached hydrogens (tertiary/aromatic N) is 4. The zero-order valence-corrected chi connectivity index (χ0v) is 16.0. The maximum atomic E-state index is 6.17. The van der Waals surface area contributed by atoms with Gasteiger partial charge < -0.3 is 20.5 Å². The highest BCUT2D eigenvalue weighted by atomic mass is 16.5. The highest BCUT2D eigenvalue weighted by Gasteiger charge is 2.22. The number of fused-ring (bicyclic) bond motifs is 1. The number of allylic oxidation sites excluding steroid dienone is 4. The SMILES string of the molecule is C=C(/C=C\C(=C(\C)N)c1nn(C)c2c(OC3CCNCC3)ncnc12)OC. The summed E-state index contributed by atoms with van der Waals surface area (Å²) in [5, 5.41) is 7.96. The quantitative estimate of drug-likeness (QED) is 0.592. The molecule has 0 bridgehead atoms. The van der Waals surface area contributed by atoms with E-state index < -0.39 is 0 Å². The van der Waals surface area contributed by atoms with Crippen LogP contribution in [0.5, 0.6) is 5.88 Å². The Bertz CT molecular complexity index is 889. The molecule has 1 fully saturated rings. The van der Waals surface area contributed by atoms with Crippen LogP contribution in [0.15, 0.2) is 36.5 Å². The van der Waals surface area contributed by atoms with Crippen molar-refractivity contribution in [2.75, 3.05) is 20.2 Å². The van der Waals surface area contributed by atoms with Gasteiger partial charge in [0, 0.05) is 18.3 Å². The number of aryl methyl sites for hydroxylation is 1. The van der Waals surface area contributed by atoms with Crippen molar-refractivity contribution in [2.24, 2.45) is 12.8 Å². The Morgan fingerprint density at radius 2 is 2.07 bits per heavy atom. The molecule has 3 N–H and O–H groups in total. The van der Waals surface area contributed by atoms with E-state index in [0.29, 0.717) is 28.5 Å². The normalized spacial score (nSPS) is 16.6. The number of nitrogens with one attached hydrogen (secondary N) is 1. The Kier molecular flexibility index (Phi) is 5.75. The van der Waals surface area contributed by atoms with E-state index in [1.165, 1.54) is 6.33 Å². The largest absolute Gasteiger partial charge is 0.497 e. The van der Waals surface area contributed by atoms with E-state index in [2.05, 4.69) is 27.0 Å². The second kappa shape index (κ2) is 8.22. The fraction of sp³-hybridized carbons (Fsp3) is 0.421. The van der Waals surface area contributed by atoms with Crippen molar-refractivity contribution < 1.29 is 9.47 Å². The van der Waals surface area contributed by atoms with Crippen LogP contribution in [0, 0.1) is 0 Å². The van der Waals surface area contributed by atoms with Gasteiger partial charge in [0.25, 0.3) is 0 Å². The van der Waals surface area contributed by atoms with Crippen LogP contribution in [-0.2, 0) is 11.8 Å². The van der Waals surface area contributed by atoms with Crippen molar-refractivity contribution in [3.8, 4) is 5.88 Å². The molecule has 8 nitrogen and oxygen atoms in total. The number of methoxy groups -OCH3 is 1. The summed E-state index contributed by atoms with van der Waals surface area (Å²) in [5.41, 5.74) is 9.61. The summed E-state index contributed by atoms with van der Waals surface area (Å²) in [6.07, 6.45) is 7.12. The fourth-order valence-electron chi connectivity index (χ4n) is 3.06. The molecule has 8 heteroatoms. The van der Waals surface area contributed by atoms with Gasteiger partial charge in [-0.15, -0.1) is 0 Å². The summed E-state index contributed by atoms with van der Waals surface area (Å²) in [4.78, 5) is 8.80. The maximum absolute atomic E-state index is 6.17. The third-order valence-corrected chi connectivity index (χ3v) is 4.53. The summed E-state index contributed by atoms with van der Waals surface area (Å²) in [6.45, 7) is 7.51. The second-order valence-corrected chi connectivity index (χ2v) is 6.52. The van der Waals surface area contributed by atoms with Crippen molar-refractivity contribution in [3.63, 3.8) is 0 Å². The minimum Gasteiger partial charge on any atom is -0.497 e. The van der Waals surface area contributed by atoms with Crippen LogP contribution >= 0.6 is 0 Å².